The number of hydrogen-bond acceptors (Lipinski definition) is 1. The van der Waals surface area contributed by atoms with Crippen LogP contribution in [-0.4, -0.2) is 0 Å². The van der Waals surface area contributed by atoms with Crippen molar-refractivity contribution in [2.24, 2.45) is 0 Å². The molecule has 0 saturated heterocycles. The maximum Gasteiger partial charge on any atom is 0.0995 e. The largest absolute Gasteiger partial charge is 0.192 e. The van der Waals surface area contributed by atoms with Gasteiger partial charge in [-0.2, -0.15) is 5.26 Å². The van der Waals surface area contributed by atoms with Crippen molar-refractivity contribution < 1.29 is 0 Å². The third-order valence-electron chi connectivity index (χ3n) is 1.65. The Bertz CT molecular complexity index is 341. The van der Waals surface area contributed by atoms with E-state index in [2.05, 4.69) is 28.7 Å². The van der Waals surface area contributed by atoms with Gasteiger partial charge in [-0.1, -0.05) is 6.07 Å². The molecular weight excluding hydrogens is 284 g/mol. The monoisotopic (exact) mass is 291 g/mol. The number of hydrogen-bond donors (Lipinski definition) is 0. The molecule has 0 spiro atoms. The van der Waals surface area contributed by atoms with Crippen molar-refractivity contribution in [3.63, 3.8) is 0 Å². The molecule has 0 atom stereocenters. The molecule has 0 saturated carbocycles. The first kappa shape index (κ1) is 9.82. The van der Waals surface area contributed by atoms with Crippen LogP contribution in [0.25, 0.3) is 0 Å². The number of nitrogens with zero attached hydrogens (tertiary/aromatic N) is 1. The lowest BCUT2D eigenvalue weighted by atomic mass is 10.1. The predicted octanol–water partition coefficient (Wildman–Crippen LogP) is 3.21. The SMILES string of the molecule is Cc1cc(CCl)c(C#N)cc1I. The van der Waals surface area contributed by atoms with Crippen molar-refractivity contribution in [3.05, 3.63) is 32.4 Å². The van der Waals surface area contributed by atoms with Crippen LogP contribution in [0.3, 0.4) is 0 Å². The maximum atomic E-state index is 8.75. The van der Waals surface area contributed by atoms with E-state index in [0.717, 1.165) is 9.13 Å². The molecule has 0 fully saturated rings. The fourth-order valence-electron chi connectivity index (χ4n) is 0.956. The molecule has 0 aromatic heterocycles. The van der Waals surface area contributed by atoms with Crippen LogP contribution >= 0.6 is 34.2 Å². The zero-order chi connectivity index (χ0) is 9.14. The van der Waals surface area contributed by atoms with Gasteiger partial charge in [0.25, 0.3) is 0 Å². The van der Waals surface area contributed by atoms with Crippen molar-refractivity contribution in [3.8, 4) is 6.07 Å². The molecule has 0 radical (unpaired) electrons. The van der Waals surface area contributed by atoms with E-state index in [0.29, 0.717) is 11.4 Å². The van der Waals surface area contributed by atoms with Crippen molar-refractivity contribution in [2.75, 3.05) is 0 Å². The second-order valence-electron chi connectivity index (χ2n) is 2.50. The molecule has 0 unspecified atom stereocenters. The Labute approximate surface area is 90.5 Å². The topological polar surface area (TPSA) is 23.8 Å². The highest BCUT2D eigenvalue weighted by molar-refractivity contribution is 14.1. The zero-order valence-corrected chi connectivity index (χ0v) is 9.48. The normalized spacial score (nSPS) is 9.50. The van der Waals surface area contributed by atoms with Gasteiger partial charge in [-0.15, -0.1) is 11.6 Å². The van der Waals surface area contributed by atoms with Gasteiger partial charge < -0.3 is 0 Å². The minimum Gasteiger partial charge on any atom is -0.192 e. The molecule has 0 bridgehead atoms. The average molecular weight is 292 g/mol. The Morgan fingerprint density at radius 2 is 2.25 bits per heavy atom. The van der Waals surface area contributed by atoms with Gasteiger partial charge in [0.05, 0.1) is 11.6 Å². The summed E-state index contributed by atoms with van der Waals surface area (Å²) in [5.74, 6) is 0.403. The lowest BCUT2D eigenvalue weighted by Crippen LogP contribution is -1.90. The molecule has 1 aromatic carbocycles. The summed E-state index contributed by atoms with van der Waals surface area (Å²) in [6.45, 7) is 2.01. The van der Waals surface area contributed by atoms with Gasteiger partial charge in [0.2, 0.25) is 0 Å². The summed E-state index contributed by atoms with van der Waals surface area (Å²) in [6.07, 6.45) is 0. The molecule has 0 heterocycles. The van der Waals surface area contributed by atoms with E-state index in [9.17, 15) is 0 Å². The molecule has 0 N–H and O–H groups in total. The number of aryl methyl sites for hydroxylation is 1. The summed E-state index contributed by atoms with van der Waals surface area (Å²) >= 11 is 7.89. The summed E-state index contributed by atoms with van der Waals surface area (Å²) in [5, 5.41) is 8.75. The third kappa shape index (κ3) is 1.90. The Balaban J connectivity index is 3.31. The van der Waals surface area contributed by atoms with E-state index < -0.39 is 0 Å². The highest BCUT2D eigenvalue weighted by atomic mass is 127. The van der Waals surface area contributed by atoms with Gasteiger partial charge in [-0.05, 0) is 46.7 Å². The van der Waals surface area contributed by atoms with Crippen LogP contribution in [0.5, 0.6) is 0 Å². The van der Waals surface area contributed by atoms with E-state index in [1.165, 1.54) is 5.56 Å². The smallest absolute Gasteiger partial charge is 0.0995 e. The maximum absolute atomic E-state index is 8.75. The molecule has 0 amide bonds. The average Bonchev–Trinajstić information content (AvgIpc) is 2.09. The van der Waals surface area contributed by atoms with Crippen molar-refractivity contribution in [1.82, 2.24) is 0 Å². The molecule has 12 heavy (non-hydrogen) atoms. The van der Waals surface area contributed by atoms with Gasteiger partial charge in [0.15, 0.2) is 0 Å². The van der Waals surface area contributed by atoms with E-state index in [-0.39, 0.29) is 0 Å². The molecule has 1 aromatic rings. The molecule has 0 aliphatic rings. The predicted molar refractivity (Wildman–Crippen MR) is 58.2 cm³/mol. The van der Waals surface area contributed by atoms with Crippen molar-refractivity contribution >= 4 is 34.2 Å². The molecule has 0 aliphatic carbocycles. The second kappa shape index (κ2) is 4.11. The number of alkyl halides is 1. The van der Waals surface area contributed by atoms with Crippen molar-refractivity contribution in [2.45, 2.75) is 12.8 Å². The minimum atomic E-state index is 0.403. The van der Waals surface area contributed by atoms with Gasteiger partial charge >= 0.3 is 0 Å². The first-order valence-electron chi connectivity index (χ1n) is 3.44. The van der Waals surface area contributed by atoms with E-state index >= 15 is 0 Å². The second-order valence-corrected chi connectivity index (χ2v) is 3.93. The van der Waals surface area contributed by atoms with Crippen LogP contribution in [0.4, 0.5) is 0 Å². The first-order valence-corrected chi connectivity index (χ1v) is 5.05. The van der Waals surface area contributed by atoms with E-state index in [4.69, 9.17) is 16.9 Å². The van der Waals surface area contributed by atoms with E-state index in [1.54, 1.807) is 0 Å². The van der Waals surface area contributed by atoms with Crippen LogP contribution in [0.1, 0.15) is 16.7 Å². The zero-order valence-electron chi connectivity index (χ0n) is 6.56. The first-order chi connectivity index (χ1) is 5.69. The van der Waals surface area contributed by atoms with Crippen LogP contribution in [0, 0.1) is 21.8 Å². The molecule has 62 valence electrons. The Morgan fingerprint density at radius 3 is 2.75 bits per heavy atom. The Kier molecular flexibility index (Phi) is 3.36. The lowest BCUT2D eigenvalue weighted by molar-refractivity contribution is 1.29. The fraction of sp³-hybridized carbons (Fsp3) is 0.222. The quantitative estimate of drug-likeness (QED) is 0.576. The summed E-state index contributed by atoms with van der Waals surface area (Å²) in [5.41, 5.74) is 2.77. The summed E-state index contributed by atoms with van der Waals surface area (Å²) < 4.78 is 1.11. The van der Waals surface area contributed by atoms with Gasteiger partial charge in [0.1, 0.15) is 0 Å². The van der Waals surface area contributed by atoms with Crippen LogP contribution in [0.15, 0.2) is 12.1 Å². The lowest BCUT2D eigenvalue weighted by Gasteiger charge is -2.03. The van der Waals surface area contributed by atoms with Crippen LogP contribution in [0.2, 0.25) is 0 Å². The van der Waals surface area contributed by atoms with Gasteiger partial charge in [-0.25, -0.2) is 0 Å². The number of benzene rings is 1. The molecule has 3 heteroatoms. The van der Waals surface area contributed by atoms with Gasteiger partial charge in [-0.3, -0.25) is 0 Å². The van der Waals surface area contributed by atoms with Gasteiger partial charge in [0, 0.05) is 9.45 Å². The Morgan fingerprint density at radius 1 is 1.58 bits per heavy atom. The third-order valence-corrected chi connectivity index (χ3v) is 3.10. The number of nitriles is 1. The molecule has 1 rings (SSSR count). The van der Waals surface area contributed by atoms with Crippen LogP contribution < -0.4 is 0 Å². The standard InChI is InChI=1S/C9H7ClIN/c1-6-2-7(4-10)8(5-12)3-9(6)11/h2-3H,4H2,1H3. The number of halogens is 2. The minimum absolute atomic E-state index is 0.403. The number of rotatable bonds is 1. The van der Waals surface area contributed by atoms with Crippen LogP contribution in [-0.2, 0) is 5.88 Å². The van der Waals surface area contributed by atoms with E-state index in [1.807, 2.05) is 19.1 Å². The fourth-order valence-corrected chi connectivity index (χ4v) is 1.64. The molecule has 1 nitrogen and oxygen atoms in total. The molecule has 0 aliphatic heterocycles. The highest BCUT2D eigenvalue weighted by Crippen LogP contribution is 2.19. The summed E-state index contributed by atoms with van der Waals surface area (Å²) in [4.78, 5) is 0. The highest BCUT2D eigenvalue weighted by Gasteiger charge is 2.03. The summed E-state index contributed by atoms with van der Waals surface area (Å²) in [7, 11) is 0. The summed E-state index contributed by atoms with van der Waals surface area (Å²) in [6, 6.07) is 5.96. The Hall–Kier alpha value is -0.270. The van der Waals surface area contributed by atoms with Crippen molar-refractivity contribution in [1.29, 1.82) is 5.26 Å². The molecular formula is C9H7ClIN.